The predicted molar refractivity (Wildman–Crippen MR) is 63.3 cm³/mol. The van der Waals surface area contributed by atoms with Crippen LogP contribution in [0.2, 0.25) is 0 Å². The Balaban J connectivity index is 2.08. The van der Waals surface area contributed by atoms with Crippen molar-refractivity contribution in [2.75, 3.05) is 13.1 Å². The molecule has 1 aromatic carbocycles. The smallest absolute Gasteiger partial charge is 0.0815 e. The summed E-state index contributed by atoms with van der Waals surface area (Å²) in [4.78, 5) is 0.757. The molecule has 1 aliphatic rings. The number of hydrogen-bond acceptors (Lipinski definition) is 1. The van der Waals surface area contributed by atoms with Crippen molar-refractivity contribution in [1.29, 1.82) is 0 Å². The molecule has 84 valence electrons. The van der Waals surface area contributed by atoms with E-state index in [0.717, 1.165) is 36.1 Å². The molecule has 0 spiro atoms. The standard InChI is InChI=1S/C13H15FN2/c14-16-9-12(10-5-7-15-8-6-10)11-3-1-2-4-13(11)16/h1-4,9-10,15H,5-8H2. The second-order valence-corrected chi connectivity index (χ2v) is 4.44. The maximum atomic E-state index is 13.7. The summed E-state index contributed by atoms with van der Waals surface area (Å²) in [6.07, 6.45) is 3.86. The van der Waals surface area contributed by atoms with E-state index in [0.29, 0.717) is 11.4 Å². The molecule has 16 heavy (non-hydrogen) atoms. The molecule has 0 aliphatic carbocycles. The summed E-state index contributed by atoms with van der Waals surface area (Å²) in [6.45, 7) is 2.08. The summed E-state index contributed by atoms with van der Waals surface area (Å²) in [7, 11) is 0. The topological polar surface area (TPSA) is 17.0 Å². The van der Waals surface area contributed by atoms with Crippen LogP contribution >= 0.6 is 0 Å². The molecule has 0 amide bonds. The maximum Gasteiger partial charge on any atom is 0.0815 e. The molecule has 1 aromatic heterocycles. The molecular formula is C13H15FN2. The molecule has 1 fully saturated rings. The summed E-state index contributed by atoms with van der Waals surface area (Å²) in [5.74, 6) is 0.503. The van der Waals surface area contributed by atoms with Crippen LogP contribution in [-0.4, -0.2) is 17.9 Å². The van der Waals surface area contributed by atoms with Crippen LogP contribution in [-0.2, 0) is 0 Å². The predicted octanol–water partition coefficient (Wildman–Crippen LogP) is 2.84. The minimum atomic E-state index is 0.503. The lowest BCUT2D eigenvalue weighted by atomic mass is 9.90. The molecule has 2 aromatic rings. The van der Waals surface area contributed by atoms with Crippen LogP contribution in [0.5, 0.6) is 0 Å². The monoisotopic (exact) mass is 218 g/mol. The van der Waals surface area contributed by atoms with Crippen molar-refractivity contribution < 1.29 is 4.48 Å². The SMILES string of the molecule is Fn1cc(C2CCNCC2)c2ccccc21. The van der Waals surface area contributed by atoms with E-state index in [1.807, 2.05) is 24.3 Å². The largest absolute Gasteiger partial charge is 0.317 e. The van der Waals surface area contributed by atoms with Gasteiger partial charge in [-0.15, -0.1) is 0 Å². The van der Waals surface area contributed by atoms with Crippen molar-refractivity contribution in [3.05, 3.63) is 36.0 Å². The van der Waals surface area contributed by atoms with Crippen LogP contribution in [0.1, 0.15) is 24.3 Å². The summed E-state index contributed by atoms with van der Waals surface area (Å²) >= 11 is 0. The van der Waals surface area contributed by atoms with Crippen molar-refractivity contribution in [2.45, 2.75) is 18.8 Å². The van der Waals surface area contributed by atoms with Crippen molar-refractivity contribution in [1.82, 2.24) is 10.1 Å². The molecular weight excluding hydrogens is 203 g/mol. The number of aromatic nitrogens is 1. The average molecular weight is 218 g/mol. The molecule has 1 N–H and O–H groups in total. The van der Waals surface area contributed by atoms with Crippen molar-refractivity contribution in [3.63, 3.8) is 0 Å². The third-order valence-corrected chi connectivity index (χ3v) is 3.48. The number of fused-ring (bicyclic) bond motifs is 1. The zero-order valence-electron chi connectivity index (χ0n) is 9.12. The zero-order chi connectivity index (χ0) is 11.0. The van der Waals surface area contributed by atoms with E-state index in [-0.39, 0.29) is 0 Å². The molecule has 2 nitrogen and oxygen atoms in total. The highest BCUT2D eigenvalue weighted by molar-refractivity contribution is 5.84. The van der Waals surface area contributed by atoms with Crippen LogP contribution in [0, 0.1) is 0 Å². The van der Waals surface area contributed by atoms with Gasteiger partial charge in [0.25, 0.3) is 0 Å². The summed E-state index contributed by atoms with van der Waals surface area (Å²) < 4.78 is 13.7. The minimum absolute atomic E-state index is 0.503. The van der Waals surface area contributed by atoms with Crippen molar-refractivity contribution >= 4 is 10.9 Å². The Morgan fingerprint density at radius 2 is 1.94 bits per heavy atom. The van der Waals surface area contributed by atoms with Gasteiger partial charge in [0, 0.05) is 11.6 Å². The fraction of sp³-hybridized carbons (Fsp3) is 0.385. The van der Waals surface area contributed by atoms with E-state index in [2.05, 4.69) is 5.32 Å². The first kappa shape index (κ1) is 9.85. The van der Waals surface area contributed by atoms with E-state index in [1.54, 1.807) is 6.20 Å². The molecule has 0 radical (unpaired) electrons. The van der Waals surface area contributed by atoms with E-state index in [1.165, 1.54) is 5.56 Å². The van der Waals surface area contributed by atoms with Gasteiger partial charge in [-0.2, -0.15) is 4.79 Å². The molecule has 3 rings (SSSR count). The Morgan fingerprint density at radius 3 is 2.75 bits per heavy atom. The van der Waals surface area contributed by atoms with Gasteiger partial charge in [0.2, 0.25) is 0 Å². The Kier molecular flexibility index (Phi) is 2.40. The first-order chi connectivity index (χ1) is 7.86. The van der Waals surface area contributed by atoms with E-state index < -0.39 is 0 Å². The van der Waals surface area contributed by atoms with Gasteiger partial charge in [0.15, 0.2) is 0 Å². The molecule has 0 saturated carbocycles. The zero-order valence-corrected chi connectivity index (χ0v) is 9.12. The van der Waals surface area contributed by atoms with E-state index in [4.69, 9.17) is 0 Å². The van der Waals surface area contributed by atoms with Crippen molar-refractivity contribution in [2.24, 2.45) is 0 Å². The third-order valence-electron chi connectivity index (χ3n) is 3.48. The number of benzene rings is 1. The van der Waals surface area contributed by atoms with Gasteiger partial charge in [-0.1, -0.05) is 22.7 Å². The highest BCUT2D eigenvalue weighted by Gasteiger charge is 2.19. The molecule has 0 unspecified atom stereocenters. The van der Waals surface area contributed by atoms with Crippen LogP contribution < -0.4 is 5.32 Å². The van der Waals surface area contributed by atoms with Gasteiger partial charge in [0.1, 0.15) is 0 Å². The number of piperidine rings is 1. The second-order valence-electron chi connectivity index (χ2n) is 4.44. The lowest BCUT2D eigenvalue weighted by molar-refractivity contribution is 0.383. The second kappa shape index (κ2) is 3.91. The van der Waals surface area contributed by atoms with Gasteiger partial charge >= 0.3 is 0 Å². The molecule has 0 atom stereocenters. The fourth-order valence-electron chi connectivity index (χ4n) is 2.62. The van der Waals surface area contributed by atoms with E-state index in [9.17, 15) is 4.48 Å². The van der Waals surface area contributed by atoms with Crippen LogP contribution in [0.15, 0.2) is 30.5 Å². The minimum Gasteiger partial charge on any atom is -0.317 e. The number of nitrogens with one attached hydrogen (secondary N) is 1. The quantitative estimate of drug-likeness (QED) is 0.778. The Hall–Kier alpha value is -1.35. The Morgan fingerprint density at radius 1 is 1.19 bits per heavy atom. The van der Waals surface area contributed by atoms with Gasteiger partial charge in [-0.25, -0.2) is 0 Å². The number of nitrogens with zero attached hydrogens (tertiary/aromatic N) is 1. The third kappa shape index (κ3) is 1.52. The fourth-order valence-corrected chi connectivity index (χ4v) is 2.62. The first-order valence-electron chi connectivity index (χ1n) is 5.83. The number of rotatable bonds is 1. The maximum absolute atomic E-state index is 13.7. The average Bonchev–Trinajstić information content (AvgIpc) is 2.69. The van der Waals surface area contributed by atoms with Crippen LogP contribution in [0.3, 0.4) is 0 Å². The molecule has 1 aliphatic heterocycles. The van der Waals surface area contributed by atoms with Gasteiger partial charge in [-0.05, 0) is 43.5 Å². The molecule has 0 bridgehead atoms. The van der Waals surface area contributed by atoms with E-state index >= 15 is 0 Å². The summed E-state index contributed by atoms with van der Waals surface area (Å²) in [5, 5.41) is 4.41. The van der Waals surface area contributed by atoms with Gasteiger partial charge in [-0.3, -0.25) is 0 Å². The number of hydrogen-bond donors (Lipinski definition) is 1. The molecule has 2 heterocycles. The lowest BCUT2D eigenvalue weighted by Gasteiger charge is -2.22. The van der Waals surface area contributed by atoms with Gasteiger partial charge in [0.05, 0.1) is 5.52 Å². The highest BCUT2D eigenvalue weighted by Crippen LogP contribution is 2.32. The molecule has 3 heteroatoms. The Bertz CT molecular complexity index is 498. The summed E-state index contributed by atoms with van der Waals surface area (Å²) in [5.41, 5.74) is 1.86. The van der Waals surface area contributed by atoms with Gasteiger partial charge < -0.3 is 5.32 Å². The lowest BCUT2D eigenvalue weighted by Crippen LogP contribution is -2.26. The van der Waals surface area contributed by atoms with Crippen molar-refractivity contribution in [3.8, 4) is 0 Å². The number of para-hydroxylation sites is 1. The van der Waals surface area contributed by atoms with Crippen LogP contribution in [0.25, 0.3) is 10.9 Å². The van der Waals surface area contributed by atoms with Crippen LogP contribution in [0.4, 0.5) is 4.48 Å². The Labute approximate surface area is 94.0 Å². The first-order valence-corrected chi connectivity index (χ1v) is 5.83. The molecule has 1 saturated heterocycles. The normalized spacial score (nSPS) is 18.1. The number of halogens is 1. The highest BCUT2D eigenvalue weighted by atomic mass is 19.2. The summed E-state index contributed by atoms with van der Waals surface area (Å²) in [6, 6.07) is 7.71.